The zero-order chi connectivity index (χ0) is 15.5. The molecule has 0 saturated carbocycles. The van der Waals surface area contributed by atoms with Gasteiger partial charge in [-0.05, 0) is 35.9 Å². The second kappa shape index (κ2) is 6.49. The molecule has 1 atom stereocenters. The van der Waals surface area contributed by atoms with Gasteiger partial charge in [0.25, 0.3) is 0 Å². The van der Waals surface area contributed by atoms with E-state index in [2.05, 4.69) is 21.2 Å². The van der Waals surface area contributed by atoms with Crippen molar-refractivity contribution in [1.29, 1.82) is 0 Å². The first kappa shape index (κ1) is 15.9. The van der Waals surface area contributed by atoms with Crippen LogP contribution in [0.1, 0.15) is 17.2 Å². The zero-order valence-corrected chi connectivity index (χ0v) is 12.4. The molecule has 0 aliphatic rings. The van der Waals surface area contributed by atoms with E-state index >= 15 is 0 Å². The molecule has 21 heavy (non-hydrogen) atoms. The summed E-state index contributed by atoms with van der Waals surface area (Å²) in [6, 6.07) is 12.0. The second-order valence-corrected chi connectivity index (χ2v) is 5.45. The van der Waals surface area contributed by atoms with Crippen molar-refractivity contribution in [2.45, 2.75) is 12.3 Å². The third-order valence-electron chi connectivity index (χ3n) is 2.92. The number of alkyl halides is 3. The van der Waals surface area contributed by atoms with Crippen LogP contribution in [0.15, 0.2) is 53.0 Å². The van der Waals surface area contributed by atoms with Gasteiger partial charge >= 0.3 is 6.18 Å². The monoisotopic (exact) mass is 359 g/mol. The average molecular weight is 360 g/mol. The smallest absolute Gasteiger partial charge is 0.387 e. The SMILES string of the molecule is OC(CNc1cccc(C(F)(F)F)c1)c1cccc(Br)c1. The van der Waals surface area contributed by atoms with Crippen LogP contribution in [0, 0.1) is 0 Å². The average Bonchev–Trinajstić information content (AvgIpc) is 2.44. The highest BCUT2D eigenvalue weighted by Gasteiger charge is 2.30. The van der Waals surface area contributed by atoms with E-state index in [1.54, 1.807) is 18.2 Å². The lowest BCUT2D eigenvalue weighted by Crippen LogP contribution is -2.13. The molecule has 2 rings (SSSR count). The van der Waals surface area contributed by atoms with Crippen molar-refractivity contribution < 1.29 is 18.3 Å². The van der Waals surface area contributed by atoms with Gasteiger partial charge in [-0.15, -0.1) is 0 Å². The van der Waals surface area contributed by atoms with E-state index in [4.69, 9.17) is 0 Å². The maximum absolute atomic E-state index is 12.6. The van der Waals surface area contributed by atoms with Crippen LogP contribution in [0.5, 0.6) is 0 Å². The molecule has 0 saturated heterocycles. The second-order valence-electron chi connectivity index (χ2n) is 4.53. The van der Waals surface area contributed by atoms with Gasteiger partial charge in [0.1, 0.15) is 0 Å². The van der Waals surface area contributed by atoms with Crippen molar-refractivity contribution in [3.63, 3.8) is 0 Å². The van der Waals surface area contributed by atoms with Crippen LogP contribution in [-0.2, 0) is 6.18 Å². The predicted octanol–water partition coefficient (Wildman–Crippen LogP) is 4.61. The summed E-state index contributed by atoms with van der Waals surface area (Å²) in [4.78, 5) is 0. The Morgan fingerprint density at radius 2 is 1.81 bits per heavy atom. The summed E-state index contributed by atoms with van der Waals surface area (Å²) in [5.41, 5.74) is 0.284. The maximum atomic E-state index is 12.6. The maximum Gasteiger partial charge on any atom is 0.416 e. The highest BCUT2D eigenvalue weighted by molar-refractivity contribution is 9.10. The fraction of sp³-hybridized carbons (Fsp3) is 0.200. The molecule has 0 spiro atoms. The largest absolute Gasteiger partial charge is 0.416 e. The molecule has 2 nitrogen and oxygen atoms in total. The molecule has 2 N–H and O–H groups in total. The first-order valence-corrected chi connectivity index (χ1v) is 7.00. The highest BCUT2D eigenvalue weighted by Crippen LogP contribution is 2.30. The van der Waals surface area contributed by atoms with Crippen LogP contribution in [0.25, 0.3) is 0 Å². The van der Waals surface area contributed by atoms with Crippen LogP contribution in [0.4, 0.5) is 18.9 Å². The Balaban J connectivity index is 2.03. The number of aliphatic hydroxyl groups excluding tert-OH is 1. The highest BCUT2D eigenvalue weighted by atomic mass is 79.9. The molecule has 2 aromatic rings. The Morgan fingerprint density at radius 1 is 1.10 bits per heavy atom. The number of hydrogen-bond acceptors (Lipinski definition) is 2. The minimum absolute atomic E-state index is 0.123. The van der Waals surface area contributed by atoms with Crippen molar-refractivity contribution >= 4 is 21.6 Å². The number of anilines is 1. The van der Waals surface area contributed by atoms with Gasteiger partial charge in [-0.1, -0.05) is 34.1 Å². The molecule has 0 radical (unpaired) electrons. The number of benzene rings is 2. The molecule has 0 aromatic heterocycles. The van der Waals surface area contributed by atoms with E-state index in [9.17, 15) is 18.3 Å². The first-order valence-electron chi connectivity index (χ1n) is 6.21. The van der Waals surface area contributed by atoms with Crippen molar-refractivity contribution in [2.75, 3.05) is 11.9 Å². The molecule has 0 fully saturated rings. The van der Waals surface area contributed by atoms with Gasteiger partial charge in [0, 0.05) is 16.7 Å². The fourth-order valence-electron chi connectivity index (χ4n) is 1.85. The van der Waals surface area contributed by atoms with Gasteiger partial charge in [-0.25, -0.2) is 0 Å². The molecular weight excluding hydrogens is 347 g/mol. The fourth-order valence-corrected chi connectivity index (χ4v) is 2.27. The molecular formula is C15H13BrF3NO. The minimum atomic E-state index is -4.37. The molecule has 2 aromatic carbocycles. The Kier molecular flexibility index (Phi) is 4.90. The van der Waals surface area contributed by atoms with Crippen molar-refractivity contribution in [3.05, 3.63) is 64.1 Å². The third kappa shape index (κ3) is 4.47. The van der Waals surface area contributed by atoms with Crippen molar-refractivity contribution in [3.8, 4) is 0 Å². The zero-order valence-electron chi connectivity index (χ0n) is 10.9. The third-order valence-corrected chi connectivity index (χ3v) is 3.42. The molecule has 6 heteroatoms. The van der Waals surface area contributed by atoms with Gasteiger partial charge in [0.15, 0.2) is 0 Å². The van der Waals surface area contributed by atoms with Gasteiger partial charge in [-0.2, -0.15) is 13.2 Å². The molecule has 0 aliphatic carbocycles. The normalized spacial score (nSPS) is 13.0. The Morgan fingerprint density at radius 3 is 2.48 bits per heavy atom. The molecule has 0 bridgehead atoms. The first-order chi connectivity index (χ1) is 9.86. The van der Waals surface area contributed by atoms with Gasteiger partial charge in [0.2, 0.25) is 0 Å². The summed E-state index contributed by atoms with van der Waals surface area (Å²) in [5.74, 6) is 0. The van der Waals surface area contributed by atoms with Crippen LogP contribution >= 0.6 is 15.9 Å². The number of halogens is 4. The lowest BCUT2D eigenvalue weighted by Gasteiger charge is -2.15. The van der Waals surface area contributed by atoms with Gasteiger partial charge in [-0.3, -0.25) is 0 Å². The van der Waals surface area contributed by atoms with Crippen molar-refractivity contribution in [2.24, 2.45) is 0 Å². The summed E-state index contributed by atoms with van der Waals surface area (Å²) in [6.45, 7) is 0.123. The summed E-state index contributed by atoms with van der Waals surface area (Å²) in [7, 11) is 0. The van der Waals surface area contributed by atoms with Crippen LogP contribution < -0.4 is 5.32 Å². The van der Waals surface area contributed by atoms with E-state index in [0.29, 0.717) is 11.3 Å². The van der Waals surface area contributed by atoms with Gasteiger partial charge < -0.3 is 10.4 Å². The van der Waals surface area contributed by atoms with E-state index in [1.165, 1.54) is 12.1 Å². The molecule has 112 valence electrons. The number of rotatable bonds is 4. The summed E-state index contributed by atoms with van der Waals surface area (Å²) >= 11 is 3.30. The molecule has 1 unspecified atom stereocenters. The Labute approximate surface area is 128 Å². The van der Waals surface area contributed by atoms with E-state index in [0.717, 1.165) is 16.6 Å². The standard InChI is InChI=1S/C15H13BrF3NO/c16-12-5-1-3-10(7-12)14(21)9-20-13-6-2-4-11(8-13)15(17,18)19/h1-8,14,20-21H,9H2. The molecule has 0 amide bonds. The summed E-state index contributed by atoms with van der Waals surface area (Å²) in [6.07, 6.45) is -5.18. The predicted molar refractivity (Wildman–Crippen MR) is 79.0 cm³/mol. The van der Waals surface area contributed by atoms with E-state index in [1.807, 2.05) is 6.07 Å². The molecule has 0 aliphatic heterocycles. The topological polar surface area (TPSA) is 32.3 Å². The lowest BCUT2D eigenvalue weighted by atomic mass is 10.1. The van der Waals surface area contributed by atoms with E-state index < -0.39 is 17.8 Å². The van der Waals surface area contributed by atoms with Crippen LogP contribution in [0.3, 0.4) is 0 Å². The Bertz CT molecular complexity index is 616. The summed E-state index contributed by atoms with van der Waals surface area (Å²) < 4.78 is 38.6. The van der Waals surface area contributed by atoms with Gasteiger partial charge in [0.05, 0.1) is 11.7 Å². The summed E-state index contributed by atoms with van der Waals surface area (Å²) in [5, 5.41) is 12.8. The lowest BCUT2D eigenvalue weighted by molar-refractivity contribution is -0.137. The van der Waals surface area contributed by atoms with Crippen LogP contribution in [0.2, 0.25) is 0 Å². The molecule has 0 heterocycles. The number of aliphatic hydroxyl groups is 1. The minimum Gasteiger partial charge on any atom is -0.387 e. The van der Waals surface area contributed by atoms with Crippen molar-refractivity contribution in [1.82, 2.24) is 0 Å². The van der Waals surface area contributed by atoms with E-state index in [-0.39, 0.29) is 6.54 Å². The van der Waals surface area contributed by atoms with Crippen LogP contribution in [-0.4, -0.2) is 11.7 Å². The quantitative estimate of drug-likeness (QED) is 0.835. The number of hydrogen-bond donors (Lipinski definition) is 2. The Hall–Kier alpha value is -1.53. The number of nitrogens with one attached hydrogen (secondary N) is 1.